The van der Waals surface area contributed by atoms with Crippen LogP contribution in [0.3, 0.4) is 0 Å². The standard InChI is InChI=1S/C10H8F2OS/c11-6-3-7-8(9(12)4-6)5-14-2-1-10(7)13/h3-4H,1-2,5H2. The van der Waals surface area contributed by atoms with Gasteiger partial charge in [0.05, 0.1) is 0 Å². The van der Waals surface area contributed by atoms with E-state index in [2.05, 4.69) is 0 Å². The lowest BCUT2D eigenvalue weighted by atomic mass is 10.0. The molecule has 1 aromatic rings. The maximum atomic E-state index is 13.3. The summed E-state index contributed by atoms with van der Waals surface area (Å²) in [7, 11) is 0. The van der Waals surface area contributed by atoms with E-state index in [1.54, 1.807) is 0 Å². The number of ketones is 1. The van der Waals surface area contributed by atoms with Gasteiger partial charge in [0, 0.05) is 35.1 Å². The molecule has 0 atom stereocenters. The molecule has 0 fully saturated rings. The number of Topliss-reactive ketones (excluding diaryl/α,β-unsaturated/α-hetero) is 1. The van der Waals surface area contributed by atoms with Gasteiger partial charge < -0.3 is 0 Å². The summed E-state index contributed by atoms with van der Waals surface area (Å²) in [6.07, 6.45) is 0.362. The Morgan fingerprint density at radius 3 is 2.86 bits per heavy atom. The fourth-order valence-electron chi connectivity index (χ4n) is 1.47. The van der Waals surface area contributed by atoms with E-state index in [4.69, 9.17) is 0 Å². The average Bonchev–Trinajstić information content (AvgIpc) is 2.29. The van der Waals surface area contributed by atoms with Crippen molar-refractivity contribution in [3.05, 3.63) is 34.9 Å². The molecule has 1 aromatic carbocycles. The predicted octanol–water partition coefficient (Wildman–Crippen LogP) is 2.78. The highest BCUT2D eigenvalue weighted by Crippen LogP contribution is 2.26. The average molecular weight is 214 g/mol. The number of rotatable bonds is 0. The zero-order chi connectivity index (χ0) is 10.1. The van der Waals surface area contributed by atoms with E-state index < -0.39 is 11.6 Å². The van der Waals surface area contributed by atoms with E-state index >= 15 is 0 Å². The molecule has 0 spiro atoms. The quantitative estimate of drug-likeness (QED) is 0.660. The van der Waals surface area contributed by atoms with Gasteiger partial charge >= 0.3 is 0 Å². The van der Waals surface area contributed by atoms with Gasteiger partial charge in [0.1, 0.15) is 11.6 Å². The van der Waals surface area contributed by atoms with E-state index in [0.29, 0.717) is 23.5 Å². The maximum absolute atomic E-state index is 13.3. The Morgan fingerprint density at radius 2 is 2.07 bits per heavy atom. The highest BCUT2D eigenvalue weighted by molar-refractivity contribution is 7.98. The van der Waals surface area contributed by atoms with Crippen LogP contribution in [-0.2, 0) is 5.75 Å². The highest BCUT2D eigenvalue weighted by atomic mass is 32.2. The summed E-state index contributed by atoms with van der Waals surface area (Å²) in [6.45, 7) is 0. The van der Waals surface area contributed by atoms with Crippen molar-refractivity contribution in [2.75, 3.05) is 5.75 Å². The minimum absolute atomic E-state index is 0.164. The van der Waals surface area contributed by atoms with Crippen molar-refractivity contribution in [1.82, 2.24) is 0 Å². The van der Waals surface area contributed by atoms with E-state index in [9.17, 15) is 13.6 Å². The smallest absolute Gasteiger partial charge is 0.164 e. The van der Waals surface area contributed by atoms with Crippen LogP contribution >= 0.6 is 11.8 Å². The molecule has 0 bridgehead atoms. The molecule has 0 unspecified atom stereocenters. The van der Waals surface area contributed by atoms with Gasteiger partial charge in [0.2, 0.25) is 0 Å². The van der Waals surface area contributed by atoms with Gasteiger partial charge in [-0.2, -0.15) is 11.8 Å². The van der Waals surface area contributed by atoms with Crippen LogP contribution in [0.2, 0.25) is 0 Å². The van der Waals surface area contributed by atoms with E-state index in [0.717, 1.165) is 12.1 Å². The monoisotopic (exact) mass is 214 g/mol. The van der Waals surface area contributed by atoms with Gasteiger partial charge in [-0.15, -0.1) is 0 Å². The van der Waals surface area contributed by atoms with Crippen molar-refractivity contribution in [3.63, 3.8) is 0 Å². The number of fused-ring (bicyclic) bond motifs is 1. The molecule has 2 rings (SSSR count). The van der Waals surface area contributed by atoms with Crippen molar-refractivity contribution in [2.24, 2.45) is 0 Å². The molecule has 14 heavy (non-hydrogen) atoms. The molecule has 74 valence electrons. The zero-order valence-corrected chi connectivity index (χ0v) is 8.16. The zero-order valence-electron chi connectivity index (χ0n) is 7.35. The molecule has 4 heteroatoms. The van der Waals surface area contributed by atoms with Gasteiger partial charge in [-0.3, -0.25) is 4.79 Å². The number of carbonyl (C=O) groups excluding carboxylic acids is 1. The fraction of sp³-hybridized carbons (Fsp3) is 0.300. The third-order valence-corrected chi connectivity index (χ3v) is 3.17. The minimum atomic E-state index is -0.679. The molecule has 0 radical (unpaired) electrons. The van der Waals surface area contributed by atoms with Crippen LogP contribution in [0.15, 0.2) is 12.1 Å². The first-order chi connectivity index (χ1) is 6.68. The molecular formula is C10H8F2OS. The second kappa shape index (κ2) is 3.69. The van der Waals surface area contributed by atoms with E-state index in [-0.39, 0.29) is 11.3 Å². The van der Waals surface area contributed by atoms with Crippen LogP contribution in [0.1, 0.15) is 22.3 Å². The number of benzene rings is 1. The number of thioether (sulfide) groups is 1. The van der Waals surface area contributed by atoms with E-state index in [1.165, 1.54) is 11.8 Å². The van der Waals surface area contributed by atoms with Crippen molar-refractivity contribution >= 4 is 17.5 Å². The Balaban J connectivity index is 2.58. The van der Waals surface area contributed by atoms with E-state index in [1.807, 2.05) is 0 Å². The summed E-state index contributed by atoms with van der Waals surface area (Å²) >= 11 is 1.50. The number of hydrogen-bond donors (Lipinski definition) is 0. The van der Waals surface area contributed by atoms with Crippen LogP contribution in [0.5, 0.6) is 0 Å². The Bertz CT molecular complexity index is 390. The SMILES string of the molecule is O=C1CCSCc2c(F)cc(F)cc21. The maximum Gasteiger partial charge on any atom is 0.164 e. The lowest BCUT2D eigenvalue weighted by Gasteiger charge is -2.05. The Morgan fingerprint density at radius 1 is 1.29 bits per heavy atom. The summed E-state index contributed by atoms with van der Waals surface area (Å²) in [5.41, 5.74) is 0.561. The Hall–Kier alpha value is -0.900. The predicted molar refractivity (Wildman–Crippen MR) is 51.5 cm³/mol. The number of hydrogen-bond acceptors (Lipinski definition) is 2. The molecule has 1 aliphatic rings. The van der Waals surface area contributed by atoms with Gasteiger partial charge in [-0.1, -0.05) is 0 Å². The molecule has 0 N–H and O–H groups in total. The second-order valence-corrected chi connectivity index (χ2v) is 4.24. The summed E-state index contributed by atoms with van der Waals surface area (Å²) in [5.74, 6) is -0.325. The van der Waals surface area contributed by atoms with Gasteiger partial charge in [0.25, 0.3) is 0 Å². The Labute approximate surface area is 84.5 Å². The first-order valence-electron chi connectivity index (χ1n) is 4.27. The molecule has 0 saturated heterocycles. The summed E-state index contributed by atoms with van der Waals surface area (Å²) in [6, 6.07) is 1.96. The topological polar surface area (TPSA) is 17.1 Å². The fourth-order valence-corrected chi connectivity index (χ4v) is 2.44. The Kier molecular flexibility index (Phi) is 2.54. The van der Waals surface area contributed by atoms with Crippen LogP contribution in [0.4, 0.5) is 8.78 Å². The van der Waals surface area contributed by atoms with Crippen molar-refractivity contribution in [2.45, 2.75) is 12.2 Å². The van der Waals surface area contributed by atoms with Gasteiger partial charge in [-0.05, 0) is 6.07 Å². The summed E-state index contributed by atoms with van der Waals surface area (Å²) in [5, 5.41) is 0. The van der Waals surface area contributed by atoms with Crippen LogP contribution < -0.4 is 0 Å². The number of halogens is 2. The van der Waals surface area contributed by atoms with Crippen molar-refractivity contribution < 1.29 is 13.6 Å². The number of carbonyl (C=O) groups is 1. The molecule has 1 nitrogen and oxygen atoms in total. The first-order valence-corrected chi connectivity index (χ1v) is 5.43. The van der Waals surface area contributed by atoms with Crippen molar-refractivity contribution in [3.8, 4) is 0 Å². The van der Waals surface area contributed by atoms with Gasteiger partial charge in [0.15, 0.2) is 5.78 Å². The molecule has 0 saturated carbocycles. The first kappa shape index (κ1) is 9.65. The third kappa shape index (κ3) is 1.66. The summed E-state index contributed by atoms with van der Waals surface area (Å²) in [4.78, 5) is 11.5. The lowest BCUT2D eigenvalue weighted by molar-refractivity contribution is 0.0988. The van der Waals surface area contributed by atoms with Crippen LogP contribution in [-0.4, -0.2) is 11.5 Å². The van der Waals surface area contributed by atoms with Crippen LogP contribution in [0, 0.1) is 11.6 Å². The molecule has 0 aliphatic carbocycles. The van der Waals surface area contributed by atoms with Crippen LogP contribution in [0.25, 0.3) is 0 Å². The van der Waals surface area contributed by atoms with Gasteiger partial charge in [-0.25, -0.2) is 8.78 Å². The second-order valence-electron chi connectivity index (χ2n) is 3.14. The minimum Gasteiger partial charge on any atom is -0.294 e. The molecule has 0 aromatic heterocycles. The molecule has 1 heterocycles. The third-order valence-electron chi connectivity index (χ3n) is 2.18. The molecule has 1 aliphatic heterocycles. The molecular weight excluding hydrogens is 206 g/mol. The van der Waals surface area contributed by atoms with Crippen molar-refractivity contribution in [1.29, 1.82) is 0 Å². The normalized spacial score (nSPS) is 16.3. The highest BCUT2D eigenvalue weighted by Gasteiger charge is 2.19. The lowest BCUT2D eigenvalue weighted by Crippen LogP contribution is -2.04. The summed E-state index contributed by atoms with van der Waals surface area (Å²) < 4.78 is 26.1. The largest absolute Gasteiger partial charge is 0.294 e. The molecule has 0 amide bonds.